The Balaban J connectivity index is 0. The molecule has 0 radical (unpaired) electrons. The highest BCUT2D eigenvalue weighted by molar-refractivity contribution is 6.18. The lowest BCUT2D eigenvalue weighted by molar-refractivity contribution is -0.179. The molecule has 6 nitrogen and oxygen atoms in total. The van der Waals surface area contributed by atoms with Gasteiger partial charge in [0.25, 0.3) is 0 Å². The van der Waals surface area contributed by atoms with Crippen LogP contribution in [0.1, 0.15) is 13.8 Å². The van der Waals surface area contributed by atoms with Gasteiger partial charge in [0.2, 0.25) is 6.41 Å². The molecule has 0 atom stereocenters. The Labute approximate surface area is 116 Å². The van der Waals surface area contributed by atoms with E-state index in [-0.39, 0.29) is 23.6 Å². The largest absolute Gasteiger partial charge is 0.383 e. The Morgan fingerprint density at radius 2 is 1.32 bits per heavy atom. The van der Waals surface area contributed by atoms with E-state index in [1.54, 1.807) is 33.2 Å². The Kier molecular flexibility index (Phi) is 11.3. The molecule has 0 amide bonds. The van der Waals surface area contributed by atoms with Crippen LogP contribution in [0.2, 0.25) is 0 Å². The minimum absolute atomic E-state index is 0.189. The van der Waals surface area contributed by atoms with Crippen molar-refractivity contribution >= 4 is 11.6 Å². The van der Waals surface area contributed by atoms with Crippen LogP contribution < -0.4 is 0 Å². The predicted octanol–water partition coefficient (Wildman–Crippen LogP) is 0.734. The molecule has 0 saturated heterocycles. The molecule has 0 spiro atoms. The van der Waals surface area contributed by atoms with Crippen molar-refractivity contribution in [2.45, 2.75) is 20.3 Å². The van der Waals surface area contributed by atoms with Crippen LogP contribution in [0.15, 0.2) is 11.8 Å². The Morgan fingerprint density at radius 3 is 1.37 bits per heavy atom. The summed E-state index contributed by atoms with van der Waals surface area (Å²) in [7, 11) is 10.5. The van der Waals surface area contributed by atoms with Crippen molar-refractivity contribution in [2.75, 3.05) is 42.4 Å². The number of hydrogen-bond acceptors (Lipinski definition) is 6. The molecule has 0 fully saturated rings. The van der Waals surface area contributed by atoms with E-state index < -0.39 is 0 Å². The summed E-state index contributed by atoms with van der Waals surface area (Å²) in [6.45, 7) is 2.77. The normalized spacial score (nSPS) is 9.79. The summed E-state index contributed by atoms with van der Waals surface area (Å²) in [4.78, 5) is 25.1. The van der Waals surface area contributed by atoms with E-state index in [2.05, 4.69) is 0 Å². The number of ketones is 2. The zero-order valence-corrected chi connectivity index (χ0v) is 13.2. The molecule has 0 aliphatic carbocycles. The molecule has 0 aliphatic heterocycles. The number of ether oxygens (including phenoxy) is 2. The maximum absolute atomic E-state index is 10.8. The molecule has 0 saturated carbocycles. The summed E-state index contributed by atoms with van der Waals surface area (Å²) in [5.74, 6) is -0.377. The number of Topliss-reactive ketones (excluding diaryl/α,β-unsaturated/α-hetero) is 2. The molecule has 0 rings (SSSR count). The molecular formula is C13H26N2O4. The fourth-order valence-corrected chi connectivity index (χ4v) is 1.21. The van der Waals surface area contributed by atoms with Crippen molar-refractivity contribution in [1.82, 2.24) is 9.80 Å². The Bertz CT molecular complexity index is 292. The van der Waals surface area contributed by atoms with Crippen molar-refractivity contribution in [3.8, 4) is 0 Å². The van der Waals surface area contributed by atoms with E-state index in [9.17, 15) is 9.59 Å². The number of nitrogens with zero attached hydrogens (tertiary/aromatic N) is 2. The van der Waals surface area contributed by atoms with E-state index in [4.69, 9.17) is 9.47 Å². The monoisotopic (exact) mass is 274 g/mol. The van der Waals surface area contributed by atoms with Crippen molar-refractivity contribution in [1.29, 1.82) is 0 Å². The molecule has 0 heterocycles. The smallest absolute Gasteiger partial charge is 0.217 e. The van der Waals surface area contributed by atoms with E-state index in [0.717, 1.165) is 0 Å². The molecule has 0 aromatic carbocycles. The van der Waals surface area contributed by atoms with Gasteiger partial charge in [-0.1, -0.05) is 0 Å². The second-order valence-corrected chi connectivity index (χ2v) is 4.36. The lowest BCUT2D eigenvalue weighted by Gasteiger charge is -2.19. The van der Waals surface area contributed by atoms with Crippen LogP contribution >= 0.6 is 0 Å². The van der Waals surface area contributed by atoms with Crippen LogP contribution in [0.25, 0.3) is 0 Å². The van der Waals surface area contributed by atoms with Crippen molar-refractivity contribution in [2.24, 2.45) is 0 Å². The molecule has 0 aliphatic rings. The van der Waals surface area contributed by atoms with Gasteiger partial charge in [0.1, 0.15) is 0 Å². The van der Waals surface area contributed by atoms with Gasteiger partial charge in [-0.3, -0.25) is 14.5 Å². The zero-order valence-electron chi connectivity index (χ0n) is 13.2. The van der Waals surface area contributed by atoms with Gasteiger partial charge < -0.3 is 14.4 Å². The number of rotatable bonds is 6. The van der Waals surface area contributed by atoms with Gasteiger partial charge in [-0.05, 0) is 27.9 Å². The quantitative estimate of drug-likeness (QED) is 0.308. The highest BCUT2D eigenvalue weighted by Gasteiger charge is 2.08. The van der Waals surface area contributed by atoms with Crippen molar-refractivity contribution < 1.29 is 19.1 Å². The molecular weight excluding hydrogens is 248 g/mol. The lowest BCUT2D eigenvalue weighted by atomic mass is 10.1. The minimum Gasteiger partial charge on any atom is -0.383 e. The SMILES string of the molecule is CC(=O)C(=CN(C)C)C(C)=O.COC(OC)N(C)C. The summed E-state index contributed by atoms with van der Waals surface area (Å²) in [6.07, 6.45) is 1.32. The molecule has 0 bridgehead atoms. The van der Waals surface area contributed by atoms with Gasteiger partial charge in [-0.15, -0.1) is 0 Å². The minimum atomic E-state index is -0.213. The lowest BCUT2D eigenvalue weighted by Crippen LogP contribution is -2.30. The molecule has 0 aromatic rings. The van der Waals surface area contributed by atoms with Crippen LogP contribution in [0.5, 0.6) is 0 Å². The summed E-state index contributed by atoms with van der Waals surface area (Å²) < 4.78 is 9.73. The first kappa shape index (κ1) is 20.1. The molecule has 19 heavy (non-hydrogen) atoms. The van der Waals surface area contributed by atoms with Gasteiger partial charge in [0.15, 0.2) is 11.6 Å². The number of hydrogen-bond donors (Lipinski definition) is 0. The van der Waals surface area contributed by atoms with E-state index in [1.807, 2.05) is 19.0 Å². The second kappa shape index (κ2) is 10.7. The van der Waals surface area contributed by atoms with Crippen LogP contribution in [0.4, 0.5) is 0 Å². The van der Waals surface area contributed by atoms with Gasteiger partial charge in [-0.25, -0.2) is 0 Å². The third-order valence-electron chi connectivity index (χ3n) is 1.97. The third kappa shape index (κ3) is 10.4. The number of allylic oxidation sites excluding steroid dienone is 1. The van der Waals surface area contributed by atoms with E-state index in [0.29, 0.717) is 0 Å². The fourth-order valence-electron chi connectivity index (χ4n) is 1.21. The molecule has 6 heteroatoms. The third-order valence-corrected chi connectivity index (χ3v) is 1.97. The molecule has 0 unspecified atom stereocenters. The van der Waals surface area contributed by atoms with Gasteiger partial charge in [0.05, 0.1) is 5.57 Å². The van der Waals surface area contributed by atoms with Crippen LogP contribution in [-0.2, 0) is 19.1 Å². The van der Waals surface area contributed by atoms with Crippen molar-refractivity contribution in [3.63, 3.8) is 0 Å². The second-order valence-electron chi connectivity index (χ2n) is 4.36. The van der Waals surface area contributed by atoms with Crippen LogP contribution in [0.3, 0.4) is 0 Å². The number of carbonyl (C=O) groups is 2. The van der Waals surface area contributed by atoms with Crippen LogP contribution in [0, 0.1) is 0 Å². The summed E-state index contributed by atoms with van der Waals surface area (Å²) in [6, 6.07) is 0. The first-order valence-electron chi connectivity index (χ1n) is 5.79. The Hall–Kier alpha value is -1.24. The molecule has 0 aromatic heterocycles. The van der Waals surface area contributed by atoms with Crippen molar-refractivity contribution in [3.05, 3.63) is 11.8 Å². The van der Waals surface area contributed by atoms with Gasteiger partial charge in [-0.2, -0.15) is 0 Å². The summed E-state index contributed by atoms with van der Waals surface area (Å²) in [5.41, 5.74) is 0.245. The average molecular weight is 274 g/mol. The molecule has 112 valence electrons. The summed E-state index contributed by atoms with van der Waals surface area (Å²) >= 11 is 0. The van der Waals surface area contributed by atoms with Gasteiger partial charge >= 0.3 is 0 Å². The molecule has 0 N–H and O–H groups in total. The topological polar surface area (TPSA) is 59.1 Å². The average Bonchev–Trinajstić information content (AvgIpc) is 2.27. The summed E-state index contributed by atoms with van der Waals surface area (Å²) in [5, 5.41) is 0. The standard InChI is InChI=1S/C8H13NO2.C5H13NO2/c1-6(10)8(7(2)11)5-9(3)4;1-6(2)5(7-3)8-4/h5H,1-4H3;5H,1-4H3. The first-order valence-corrected chi connectivity index (χ1v) is 5.79. The number of carbonyl (C=O) groups excluding carboxylic acids is 2. The maximum atomic E-state index is 10.8. The number of methoxy groups -OCH3 is 2. The van der Waals surface area contributed by atoms with Gasteiger partial charge in [0, 0.05) is 34.5 Å². The predicted molar refractivity (Wildman–Crippen MR) is 74.6 cm³/mol. The van der Waals surface area contributed by atoms with E-state index >= 15 is 0 Å². The first-order chi connectivity index (χ1) is 8.67. The van der Waals surface area contributed by atoms with Crippen LogP contribution in [-0.4, -0.2) is 70.2 Å². The highest BCUT2D eigenvalue weighted by atomic mass is 16.7. The zero-order chi connectivity index (χ0) is 15.6. The fraction of sp³-hybridized carbons (Fsp3) is 0.692. The van der Waals surface area contributed by atoms with E-state index in [1.165, 1.54) is 20.0 Å². The maximum Gasteiger partial charge on any atom is 0.217 e. The Morgan fingerprint density at radius 1 is 0.947 bits per heavy atom. The highest BCUT2D eigenvalue weighted by Crippen LogP contribution is 1.98.